The van der Waals surface area contributed by atoms with Crippen LogP contribution in [0.4, 0.5) is 0 Å². The molecule has 0 aromatic rings. The van der Waals surface area contributed by atoms with Crippen molar-refractivity contribution in [3.63, 3.8) is 0 Å². The van der Waals surface area contributed by atoms with Gasteiger partial charge in [-0.05, 0) is 67.4 Å². The second-order valence-electron chi connectivity index (χ2n) is 9.12. The summed E-state index contributed by atoms with van der Waals surface area (Å²) in [6.45, 7) is 8.05. The van der Waals surface area contributed by atoms with Crippen molar-refractivity contribution in [2.24, 2.45) is 17.3 Å². The van der Waals surface area contributed by atoms with Crippen LogP contribution < -0.4 is 4.72 Å². The predicted octanol–water partition coefficient (Wildman–Crippen LogP) is 5.17. The lowest BCUT2D eigenvalue weighted by atomic mass is 9.64. The van der Waals surface area contributed by atoms with Crippen molar-refractivity contribution >= 4 is 11.9 Å². The Morgan fingerprint density at radius 3 is 2.76 bits per heavy atom. The number of fused-ring (bicyclic) bond motifs is 3. The maximum absolute atomic E-state index is 11.0. The lowest BCUT2D eigenvalue weighted by Gasteiger charge is -2.41. The topological polar surface area (TPSA) is 32.3 Å². The summed E-state index contributed by atoms with van der Waals surface area (Å²) < 4.78 is 3.52. The molecule has 2 N–H and O–H groups in total. The van der Waals surface area contributed by atoms with Gasteiger partial charge in [-0.25, -0.2) is 0 Å². The van der Waals surface area contributed by atoms with Gasteiger partial charge in [0.05, 0.1) is 6.10 Å². The first-order chi connectivity index (χ1) is 12.0. The Bertz CT molecular complexity index is 628. The molecular weight excluding hydrogens is 326 g/mol. The van der Waals surface area contributed by atoms with Gasteiger partial charge in [0.1, 0.15) is 0 Å². The van der Waals surface area contributed by atoms with Crippen LogP contribution in [-0.2, 0) is 0 Å². The van der Waals surface area contributed by atoms with E-state index in [1.165, 1.54) is 43.3 Å². The Labute approximate surface area is 157 Å². The highest BCUT2D eigenvalue weighted by molar-refractivity contribution is 7.98. The van der Waals surface area contributed by atoms with Gasteiger partial charge >= 0.3 is 0 Å². The molecule has 4 aliphatic carbocycles. The number of hydrogen-bond donors (Lipinski definition) is 2. The molecule has 0 aliphatic heterocycles. The second-order valence-corrected chi connectivity index (χ2v) is 10.3. The summed E-state index contributed by atoms with van der Waals surface area (Å²) in [6, 6.07) is 0. The van der Waals surface area contributed by atoms with Crippen molar-refractivity contribution in [1.82, 2.24) is 4.72 Å². The Hall–Kier alpha value is -0.510. The van der Waals surface area contributed by atoms with Gasteiger partial charge in [-0.2, -0.15) is 0 Å². The van der Waals surface area contributed by atoms with Crippen molar-refractivity contribution in [3.8, 4) is 0 Å². The summed E-state index contributed by atoms with van der Waals surface area (Å²) in [7, 11) is 0. The van der Waals surface area contributed by atoms with Gasteiger partial charge < -0.3 is 5.11 Å². The van der Waals surface area contributed by atoms with Crippen molar-refractivity contribution < 1.29 is 5.11 Å². The van der Waals surface area contributed by atoms with Gasteiger partial charge in [0.15, 0.2) is 0 Å². The van der Waals surface area contributed by atoms with E-state index in [-0.39, 0.29) is 6.10 Å². The molecule has 2 saturated carbocycles. The highest BCUT2D eigenvalue weighted by Crippen LogP contribution is 2.57. The summed E-state index contributed by atoms with van der Waals surface area (Å²) in [6.07, 6.45) is 12.9. The number of allylic oxidation sites excluding steroid dienone is 4. The molecule has 0 bridgehead atoms. The summed E-state index contributed by atoms with van der Waals surface area (Å²) in [5.41, 5.74) is 6.45. The van der Waals surface area contributed by atoms with E-state index in [1.807, 2.05) is 11.9 Å². The fourth-order valence-corrected chi connectivity index (χ4v) is 5.96. The highest BCUT2D eigenvalue weighted by Gasteiger charge is 2.45. The summed E-state index contributed by atoms with van der Waals surface area (Å²) in [5, 5.41) is 11.8. The molecule has 3 unspecified atom stereocenters. The van der Waals surface area contributed by atoms with Crippen LogP contribution in [0, 0.1) is 17.3 Å². The maximum atomic E-state index is 11.0. The lowest BCUT2D eigenvalue weighted by Crippen LogP contribution is -2.33. The van der Waals surface area contributed by atoms with Crippen LogP contribution in [0.5, 0.6) is 0 Å². The molecule has 0 spiro atoms. The lowest BCUT2D eigenvalue weighted by molar-refractivity contribution is 0.104. The molecule has 25 heavy (non-hydrogen) atoms. The molecule has 2 nitrogen and oxygen atoms in total. The quantitative estimate of drug-likeness (QED) is 0.665. The Morgan fingerprint density at radius 2 is 2.04 bits per heavy atom. The summed E-state index contributed by atoms with van der Waals surface area (Å²) in [5.74, 6) is 0.955. The highest BCUT2D eigenvalue weighted by atomic mass is 32.2. The van der Waals surface area contributed by atoms with Crippen LogP contribution in [0.1, 0.15) is 65.7 Å². The van der Waals surface area contributed by atoms with E-state index >= 15 is 0 Å². The van der Waals surface area contributed by atoms with Crippen molar-refractivity contribution in [2.75, 3.05) is 6.54 Å². The fraction of sp³-hybridized carbons (Fsp3) is 0.727. The van der Waals surface area contributed by atoms with Crippen molar-refractivity contribution in [3.05, 3.63) is 34.4 Å². The maximum Gasteiger partial charge on any atom is 0.0646 e. The minimum absolute atomic E-state index is 0.223. The zero-order valence-corrected chi connectivity index (χ0v) is 16.8. The Balaban J connectivity index is 1.60. The second kappa shape index (κ2) is 6.90. The van der Waals surface area contributed by atoms with E-state index < -0.39 is 0 Å². The smallest absolute Gasteiger partial charge is 0.0646 e. The van der Waals surface area contributed by atoms with Crippen molar-refractivity contribution in [1.29, 1.82) is 0 Å². The molecule has 0 heterocycles. The minimum atomic E-state index is -0.223. The van der Waals surface area contributed by atoms with Crippen LogP contribution in [0.3, 0.4) is 0 Å². The normalized spacial score (nSPS) is 35.2. The van der Waals surface area contributed by atoms with Gasteiger partial charge in [-0.15, -0.1) is 0 Å². The number of rotatable bonds is 5. The molecule has 2 fully saturated rings. The first kappa shape index (κ1) is 17.9. The van der Waals surface area contributed by atoms with E-state index in [0.717, 1.165) is 24.6 Å². The number of aliphatic hydroxyl groups excluding tert-OH is 1. The minimum Gasteiger partial charge on any atom is -0.392 e. The molecule has 3 atom stereocenters. The predicted molar refractivity (Wildman–Crippen MR) is 107 cm³/mol. The largest absolute Gasteiger partial charge is 0.392 e. The monoisotopic (exact) mass is 359 g/mol. The molecule has 0 aromatic heterocycles. The van der Waals surface area contributed by atoms with Gasteiger partial charge in [-0.3, -0.25) is 4.72 Å². The average molecular weight is 360 g/mol. The number of aliphatic hydroxyl groups is 1. The van der Waals surface area contributed by atoms with E-state index in [4.69, 9.17) is 0 Å². The third-order valence-electron chi connectivity index (χ3n) is 6.77. The van der Waals surface area contributed by atoms with Crippen LogP contribution in [0.15, 0.2) is 34.4 Å². The standard InChI is InChI=1S/C22H33NOS/c1-14(2)17-8-10-22(3)11-9-18-19(21(17)22)7-4-15(12-20(18)24)13-23-25-16-5-6-16/h4,7,14,16,18,20,23-24H,5-6,8-13H2,1-3H3. The fourth-order valence-electron chi connectivity index (χ4n) is 5.09. The average Bonchev–Trinajstić information content (AvgIpc) is 3.33. The molecule has 3 heteroatoms. The van der Waals surface area contributed by atoms with Crippen LogP contribution in [-0.4, -0.2) is 23.0 Å². The number of hydrogen-bond acceptors (Lipinski definition) is 3. The third kappa shape index (κ3) is 3.52. The van der Waals surface area contributed by atoms with Gasteiger partial charge in [-0.1, -0.05) is 56.0 Å². The van der Waals surface area contributed by atoms with E-state index in [1.54, 1.807) is 11.1 Å². The zero-order chi connectivity index (χ0) is 17.6. The summed E-state index contributed by atoms with van der Waals surface area (Å²) in [4.78, 5) is 0. The van der Waals surface area contributed by atoms with Gasteiger partial charge in [0, 0.05) is 17.7 Å². The van der Waals surface area contributed by atoms with Crippen molar-refractivity contribution in [2.45, 2.75) is 77.1 Å². The van der Waals surface area contributed by atoms with Gasteiger partial charge in [0.2, 0.25) is 0 Å². The van der Waals surface area contributed by atoms with E-state index in [9.17, 15) is 5.11 Å². The van der Waals surface area contributed by atoms with Crippen LogP contribution in [0.2, 0.25) is 0 Å². The first-order valence-corrected chi connectivity index (χ1v) is 11.1. The summed E-state index contributed by atoms with van der Waals surface area (Å²) >= 11 is 1.89. The molecule has 0 saturated heterocycles. The SMILES string of the molecule is CC(C)C1=C2C3=CC=C(CNSC4CC4)CC(O)C3CCC2(C)CC1. The third-order valence-corrected chi connectivity index (χ3v) is 7.89. The molecule has 0 aromatic carbocycles. The molecule has 4 rings (SSSR count). The van der Waals surface area contributed by atoms with Gasteiger partial charge in [0.25, 0.3) is 0 Å². The first-order valence-electron chi connectivity index (χ1n) is 10.2. The molecule has 0 radical (unpaired) electrons. The number of nitrogens with one attached hydrogen (secondary N) is 1. The Morgan fingerprint density at radius 1 is 1.24 bits per heavy atom. The zero-order valence-electron chi connectivity index (χ0n) is 16.0. The molecule has 4 aliphatic rings. The van der Waals surface area contributed by atoms with Crippen LogP contribution >= 0.6 is 11.9 Å². The molecule has 138 valence electrons. The molecular formula is C22H33NOS. The molecule has 0 amide bonds. The van der Waals surface area contributed by atoms with E-state index in [0.29, 0.717) is 17.3 Å². The van der Waals surface area contributed by atoms with Crippen LogP contribution in [0.25, 0.3) is 0 Å². The Kier molecular flexibility index (Phi) is 4.94. The van der Waals surface area contributed by atoms with E-state index in [2.05, 4.69) is 37.6 Å².